The second-order valence-electron chi connectivity index (χ2n) is 7.02. The Morgan fingerprint density at radius 3 is 2.37 bits per heavy atom. The molecule has 27 heavy (non-hydrogen) atoms. The molecule has 0 spiro atoms. The highest BCUT2D eigenvalue weighted by molar-refractivity contribution is 6.36. The Morgan fingerprint density at radius 1 is 1.07 bits per heavy atom. The predicted octanol–water partition coefficient (Wildman–Crippen LogP) is 4.67. The number of halogens is 2. The molecule has 2 aromatic carbocycles. The van der Waals surface area contributed by atoms with Gasteiger partial charge in [-0.05, 0) is 41.3 Å². The number of methoxy groups -OCH3 is 1. The van der Waals surface area contributed by atoms with E-state index < -0.39 is 5.91 Å². The molecule has 0 fully saturated rings. The lowest BCUT2D eigenvalue weighted by Gasteiger charge is -2.21. The van der Waals surface area contributed by atoms with E-state index in [2.05, 4.69) is 31.4 Å². The number of carbonyl (C=O) groups is 2. The van der Waals surface area contributed by atoms with Gasteiger partial charge in [0.05, 0.1) is 29.9 Å². The van der Waals surface area contributed by atoms with Gasteiger partial charge in [-0.2, -0.15) is 0 Å². The summed E-state index contributed by atoms with van der Waals surface area (Å²) in [5.74, 6) is -0.288. The number of nitrogens with one attached hydrogen (secondary N) is 2. The summed E-state index contributed by atoms with van der Waals surface area (Å²) in [6, 6.07) is 10.2. The van der Waals surface area contributed by atoms with E-state index in [9.17, 15) is 9.59 Å². The molecule has 5 nitrogen and oxygen atoms in total. The summed E-state index contributed by atoms with van der Waals surface area (Å²) >= 11 is 11.8. The van der Waals surface area contributed by atoms with Crippen molar-refractivity contribution in [3.8, 4) is 5.75 Å². The summed E-state index contributed by atoms with van der Waals surface area (Å²) in [4.78, 5) is 24.5. The van der Waals surface area contributed by atoms with Crippen molar-refractivity contribution in [3.05, 3.63) is 57.6 Å². The van der Waals surface area contributed by atoms with Crippen LogP contribution in [0.4, 0.5) is 5.69 Å². The van der Waals surface area contributed by atoms with Crippen LogP contribution in [0.3, 0.4) is 0 Å². The molecule has 0 heterocycles. The summed E-state index contributed by atoms with van der Waals surface area (Å²) in [5.41, 5.74) is 1.77. The van der Waals surface area contributed by atoms with Gasteiger partial charge in [-0.15, -0.1) is 0 Å². The van der Waals surface area contributed by atoms with Crippen molar-refractivity contribution in [2.24, 2.45) is 0 Å². The number of hydrogen-bond donors (Lipinski definition) is 2. The maximum atomic E-state index is 12.3. The van der Waals surface area contributed by atoms with Gasteiger partial charge in [0.2, 0.25) is 5.91 Å². The third-order valence-corrected chi connectivity index (χ3v) is 4.47. The Balaban J connectivity index is 2.06. The first-order valence-corrected chi connectivity index (χ1v) is 9.09. The molecule has 0 saturated heterocycles. The van der Waals surface area contributed by atoms with Crippen LogP contribution in [0.25, 0.3) is 0 Å². The van der Waals surface area contributed by atoms with E-state index in [1.165, 1.54) is 19.2 Å². The summed E-state index contributed by atoms with van der Waals surface area (Å²) in [6.07, 6.45) is 0. The van der Waals surface area contributed by atoms with Gasteiger partial charge in [-0.3, -0.25) is 9.59 Å². The fourth-order valence-electron chi connectivity index (χ4n) is 2.40. The van der Waals surface area contributed by atoms with E-state index in [-0.39, 0.29) is 28.5 Å². The van der Waals surface area contributed by atoms with Crippen LogP contribution in [-0.4, -0.2) is 25.5 Å². The number of amides is 2. The lowest BCUT2D eigenvalue weighted by molar-refractivity contribution is -0.115. The molecule has 0 aliphatic heterocycles. The molecule has 7 heteroatoms. The van der Waals surface area contributed by atoms with Crippen LogP contribution < -0.4 is 15.4 Å². The monoisotopic (exact) mass is 408 g/mol. The first-order chi connectivity index (χ1) is 12.6. The smallest absolute Gasteiger partial charge is 0.253 e. The van der Waals surface area contributed by atoms with E-state index in [1.54, 1.807) is 6.07 Å². The molecule has 0 radical (unpaired) electrons. The number of rotatable bonds is 5. The average molecular weight is 409 g/mol. The molecule has 0 atom stereocenters. The Kier molecular flexibility index (Phi) is 6.73. The van der Waals surface area contributed by atoms with Crippen LogP contribution in [0.2, 0.25) is 10.0 Å². The third-order valence-electron chi connectivity index (χ3n) is 3.92. The second-order valence-corrected chi connectivity index (χ2v) is 7.86. The van der Waals surface area contributed by atoms with Crippen molar-refractivity contribution in [2.75, 3.05) is 19.0 Å². The molecular formula is C20H22Cl2N2O3. The number of ether oxygens (including phenoxy) is 1. The quantitative estimate of drug-likeness (QED) is 0.755. The highest BCUT2D eigenvalue weighted by Gasteiger charge is 2.17. The standard InChI is InChI=1S/C20H22Cl2N2O3/c1-20(2,3)12-5-8-17(27-4)16(9-12)24-18(25)11-23-19(26)14-7-6-13(21)10-15(14)22/h5-10H,11H2,1-4H3,(H,23,26)(H,24,25). The predicted molar refractivity (Wildman–Crippen MR) is 109 cm³/mol. The van der Waals surface area contributed by atoms with Gasteiger partial charge in [-0.25, -0.2) is 0 Å². The van der Waals surface area contributed by atoms with Crippen LogP contribution in [0, 0.1) is 0 Å². The lowest BCUT2D eigenvalue weighted by Crippen LogP contribution is -2.33. The first kappa shape index (κ1) is 21.1. The van der Waals surface area contributed by atoms with Gasteiger partial charge in [-0.1, -0.05) is 50.0 Å². The molecule has 2 amide bonds. The Labute approximate surface area is 169 Å². The van der Waals surface area contributed by atoms with Gasteiger partial charge in [0.25, 0.3) is 5.91 Å². The summed E-state index contributed by atoms with van der Waals surface area (Å²) in [6.45, 7) is 6.03. The fraction of sp³-hybridized carbons (Fsp3) is 0.300. The summed E-state index contributed by atoms with van der Waals surface area (Å²) in [7, 11) is 1.53. The largest absolute Gasteiger partial charge is 0.495 e. The van der Waals surface area contributed by atoms with Crippen molar-refractivity contribution in [3.63, 3.8) is 0 Å². The highest BCUT2D eigenvalue weighted by atomic mass is 35.5. The Hall–Kier alpha value is -2.24. The van der Waals surface area contributed by atoms with E-state index in [4.69, 9.17) is 27.9 Å². The van der Waals surface area contributed by atoms with Crippen molar-refractivity contribution < 1.29 is 14.3 Å². The van der Waals surface area contributed by atoms with Crippen LogP contribution >= 0.6 is 23.2 Å². The number of carbonyl (C=O) groups excluding carboxylic acids is 2. The van der Waals surface area contributed by atoms with E-state index in [0.29, 0.717) is 16.5 Å². The third kappa shape index (κ3) is 5.62. The van der Waals surface area contributed by atoms with Gasteiger partial charge in [0, 0.05) is 5.02 Å². The fourth-order valence-corrected chi connectivity index (χ4v) is 2.89. The SMILES string of the molecule is COc1ccc(C(C)(C)C)cc1NC(=O)CNC(=O)c1ccc(Cl)cc1Cl. The molecule has 2 aromatic rings. The van der Waals surface area contributed by atoms with E-state index >= 15 is 0 Å². The minimum absolute atomic E-state index is 0.0781. The van der Waals surface area contributed by atoms with Gasteiger partial charge >= 0.3 is 0 Å². The van der Waals surface area contributed by atoms with Crippen molar-refractivity contribution >= 4 is 40.7 Å². The van der Waals surface area contributed by atoms with Crippen LogP contribution in [0.15, 0.2) is 36.4 Å². The van der Waals surface area contributed by atoms with Crippen molar-refractivity contribution in [1.29, 1.82) is 0 Å². The number of benzene rings is 2. The maximum absolute atomic E-state index is 12.3. The van der Waals surface area contributed by atoms with Gasteiger partial charge in [0.15, 0.2) is 0 Å². The molecule has 144 valence electrons. The minimum atomic E-state index is -0.456. The average Bonchev–Trinajstić information content (AvgIpc) is 2.59. The molecule has 0 saturated carbocycles. The molecular weight excluding hydrogens is 387 g/mol. The van der Waals surface area contributed by atoms with Crippen LogP contribution in [0.1, 0.15) is 36.7 Å². The van der Waals surface area contributed by atoms with E-state index in [0.717, 1.165) is 5.56 Å². The zero-order valence-corrected chi connectivity index (χ0v) is 17.2. The topological polar surface area (TPSA) is 67.4 Å². The zero-order valence-electron chi connectivity index (χ0n) is 15.7. The minimum Gasteiger partial charge on any atom is -0.495 e. The van der Waals surface area contributed by atoms with Gasteiger partial charge in [0.1, 0.15) is 5.75 Å². The molecule has 0 aliphatic rings. The zero-order chi connectivity index (χ0) is 20.2. The molecule has 2 N–H and O–H groups in total. The maximum Gasteiger partial charge on any atom is 0.253 e. The highest BCUT2D eigenvalue weighted by Crippen LogP contribution is 2.31. The second kappa shape index (κ2) is 8.63. The number of hydrogen-bond acceptors (Lipinski definition) is 3. The molecule has 0 aliphatic carbocycles. The van der Waals surface area contributed by atoms with Crippen molar-refractivity contribution in [1.82, 2.24) is 5.32 Å². The van der Waals surface area contributed by atoms with Crippen LogP contribution in [-0.2, 0) is 10.2 Å². The lowest BCUT2D eigenvalue weighted by atomic mass is 9.87. The summed E-state index contributed by atoms with van der Waals surface area (Å²) in [5, 5.41) is 5.97. The Morgan fingerprint density at radius 2 is 1.78 bits per heavy atom. The molecule has 2 rings (SSSR count). The summed E-state index contributed by atoms with van der Waals surface area (Å²) < 4.78 is 5.30. The first-order valence-electron chi connectivity index (χ1n) is 8.33. The van der Waals surface area contributed by atoms with Crippen molar-refractivity contribution in [2.45, 2.75) is 26.2 Å². The van der Waals surface area contributed by atoms with Gasteiger partial charge < -0.3 is 15.4 Å². The number of anilines is 1. The van der Waals surface area contributed by atoms with E-state index in [1.807, 2.05) is 18.2 Å². The normalized spacial score (nSPS) is 11.0. The molecule has 0 unspecified atom stereocenters. The Bertz CT molecular complexity index is 861. The molecule has 0 aromatic heterocycles. The van der Waals surface area contributed by atoms with Crippen LogP contribution in [0.5, 0.6) is 5.75 Å². The molecule has 0 bridgehead atoms.